The second-order valence-corrected chi connectivity index (χ2v) is 6.11. The molecule has 2 aliphatic rings. The molecule has 1 N–H and O–H groups in total. The molecule has 1 unspecified atom stereocenters. The minimum absolute atomic E-state index is 0.231. The van der Waals surface area contributed by atoms with Gasteiger partial charge in [-0.1, -0.05) is 6.42 Å². The third-order valence-corrected chi connectivity index (χ3v) is 4.67. The predicted octanol–water partition coefficient (Wildman–Crippen LogP) is 1.48. The van der Waals surface area contributed by atoms with Crippen molar-refractivity contribution in [3.8, 4) is 0 Å². The Labute approximate surface area is 116 Å². The van der Waals surface area contributed by atoms with Crippen molar-refractivity contribution < 1.29 is 9.90 Å². The number of carbonyl (C=O) groups excluding carboxylic acids is 1. The van der Waals surface area contributed by atoms with Crippen LogP contribution in [0.5, 0.6) is 0 Å². The molecular formula is C15H28N2O2. The molecule has 2 saturated heterocycles. The van der Waals surface area contributed by atoms with Gasteiger partial charge >= 0.3 is 0 Å². The van der Waals surface area contributed by atoms with E-state index in [1.165, 1.54) is 19.3 Å². The number of nitrogens with zero attached hydrogens (tertiary/aromatic N) is 2. The monoisotopic (exact) mass is 268 g/mol. The molecule has 0 aliphatic carbocycles. The van der Waals surface area contributed by atoms with Crippen LogP contribution in [0, 0.1) is 5.92 Å². The SMILES string of the molecule is CC(O)C1CCN(C(=O)CCN2CCCCC2)CC1. The van der Waals surface area contributed by atoms with E-state index in [2.05, 4.69) is 4.90 Å². The summed E-state index contributed by atoms with van der Waals surface area (Å²) >= 11 is 0. The second kappa shape index (κ2) is 7.25. The van der Waals surface area contributed by atoms with Crippen LogP contribution in [0.1, 0.15) is 45.4 Å². The van der Waals surface area contributed by atoms with Crippen molar-refractivity contribution in [1.82, 2.24) is 9.80 Å². The number of amides is 1. The van der Waals surface area contributed by atoms with E-state index in [4.69, 9.17) is 0 Å². The Balaban J connectivity index is 1.66. The van der Waals surface area contributed by atoms with Gasteiger partial charge in [-0.2, -0.15) is 0 Å². The number of aliphatic hydroxyl groups is 1. The number of likely N-dealkylation sites (tertiary alicyclic amines) is 2. The lowest BCUT2D eigenvalue weighted by molar-refractivity contribution is -0.133. The molecule has 0 saturated carbocycles. The van der Waals surface area contributed by atoms with E-state index in [0.717, 1.165) is 45.6 Å². The molecule has 2 fully saturated rings. The molecule has 110 valence electrons. The lowest BCUT2D eigenvalue weighted by Crippen LogP contribution is -2.42. The van der Waals surface area contributed by atoms with E-state index >= 15 is 0 Å². The number of aliphatic hydroxyl groups excluding tert-OH is 1. The number of carbonyl (C=O) groups is 1. The fraction of sp³-hybridized carbons (Fsp3) is 0.933. The highest BCUT2D eigenvalue weighted by molar-refractivity contribution is 5.76. The van der Waals surface area contributed by atoms with Crippen LogP contribution in [0.4, 0.5) is 0 Å². The maximum atomic E-state index is 12.2. The lowest BCUT2D eigenvalue weighted by atomic mass is 9.92. The molecule has 0 radical (unpaired) electrons. The molecule has 4 heteroatoms. The Kier molecular flexibility index (Phi) is 5.64. The molecule has 4 nitrogen and oxygen atoms in total. The van der Waals surface area contributed by atoms with Gasteiger partial charge in [-0.05, 0) is 51.6 Å². The Morgan fingerprint density at radius 3 is 2.37 bits per heavy atom. The fourth-order valence-electron chi connectivity index (χ4n) is 3.23. The summed E-state index contributed by atoms with van der Waals surface area (Å²) in [6.07, 6.45) is 6.25. The second-order valence-electron chi connectivity index (χ2n) is 6.11. The van der Waals surface area contributed by atoms with Crippen LogP contribution >= 0.6 is 0 Å². The van der Waals surface area contributed by atoms with Crippen LogP contribution in [0.25, 0.3) is 0 Å². The zero-order chi connectivity index (χ0) is 13.7. The molecule has 0 aromatic carbocycles. The van der Waals surface area contributed by atoms with Gasteiger partial charge in [0.1, 0.15) is 0 Å². The van der Waals surface area contributed by atoms with Gasteiger partial charge in [0, 0.05) is 26.1 Å². The first kappa shape index (κ1) is 14.8. The van der Waals surface area contributed by atoms with Gasteiger partial charge in [-0.3, -0.25) is 4.79 Å². The number of piperidine rings is 2. The van der Waals surface area contributed by atoms with E-state index in [9.17, 15) is 9.90 Å². The van der Waals surface area contributed by atoms with Gasteiger partial charge in [0.05, 0.1) is 6.10 Å². The van der Waals surface area contributed by atoms with Crippen molar-refractivity contribution in [3.05, 3.63) is 0 Å². The van der Waals surface area contributed by atoms with Gasteiger partial charge in [-0.25, -0.2) is 0 Å². The summed E-state index contributed by atoms with van der Waals surface area (Å²) in [5.74, 6) is 0.681. The van der Waals surface area contributed by atoms with Gasteiger partial charge in [0.25, 0.3) is 0 Å². The number of rotatable bonds is 4. The highest BCUT2D eigenvalue weighted by Crippen LogP contribution is 2.21. The van der Waals surface area contributed by atoms with Gasteiger partial charge in [0.2, 0.25) is 5.91 Å². The number of hydrogen-bond acceptors (Lipinski definition) is 3. The normalized spacial score (nSPS) is 24.4. The van der Waals surface area contributed by atoms with Crippen molar-refractivity contribution >= 4 is 5.91 Å². The van der Waals surface area contributed by atoms with Crippen molar-refractivity contribution in [2.45, 2.75) is 51.6 Å². The molecule has 1 amide bonds. The zero-order valence-corrected chi connectivity index (χ0v) is 12.2. The van der Waals surface area contributed by atoms with Crippen molar-refractivity contribution in [3.63, 3.8) is 0 Å². The Morgan fingerprint density at radius 2 is 1.79 bits per heavy atom. The summed E-state index contributed by atoms with van der Waals surface area (Å²) in [5, 5.41) is 9.57. The molecular weight excluding hydrogens is 240 g/mol. The quantitative estimate of drug-likeness (QED) is 0.840. The first-order chi connectivity index (χ1) is 9.16. The molecule has 1 atom stereocenters. The summed E-state index contributed by atoms with van der Waals surface area (Å²) in [7, 11) is 0. The Morgan fingerprint density at radius 1 is 1.16 bits per heavy atom. The number of hydrogen-bond donors (Lipinski definition) is 1. The van der Waals surface area contributed by atoms with Crippen LogP contribution in [0.15, 0.2) is 0 Å². The summed E-state index contributed by atoms with van der Waals surface area (Å²) in [6, 6.07) is 0. The molecule has 2 heterocycles. The molecule has 0 aromatic heterocycles. The third-order valence-electron chi connectivity index (χ3n) is 4.67. The maximum Gasteiger partial charge on any atom is 0.223 e. The molecule has 2 aliphatic heterocycles. The fourth-order valence-corrected chi connectivity index (χ4v) is 3.23. The molecule has 2 rings (SSSR count). The van der Waals surface area contributed by atoms with Crippen molar-refractivity contribution in [1.29, 1.82) is 0 Å². The van der Waals surface area contributed by atoms with Crippen molar-refractivity contribution in [2.24, 2.45) is 5.92 Å². The molecule has 19 heavy (non-hydrogen) atoms. The maximum absolute atomic E-state index is 12.2. The summed E-state index contributed by atoms with van der Waals surface area (Å²) in [5.41, 5.74) is 0. The molecule has 0 bridgehead atoms. The first-order valence-electron chi connectivity index (χ1n) is 7.85. The van der Waals surface area contributed by atoms with Crippen LogP contribution in [-0.4, -0.2) is 59.6 Å². The van der Waals surface area contributed by atoms with E-state index in [1.807, 2.05) is 11.8 Å². The largest absolute Gasteiger partial charge is 0.393 e. The van der Waals surface area contributed by atoms with E-state index < -0.39 is 0 Å². The van der Waals surface area contributed by atoms with E-state index in [1.54, 1.807) is 0 Å². The van der Waals surface area contributed by atoms with E-state index in [-0.39, 0.29) is 6.10 Å². The van der Waals surface area contributed by atoms with Gasteiger partial charge < -0.3 is 14.9 Å². The van der Waals surface area contributed by atoms with Crippen molar-refractivity contribution in [2.75, 3.05) is 32.7 Å². The topological polar surface area (TPSA) is 43.8 Å². The van der Waals surface area contributed by atoms with Gasteiger partial charge in [-0.15, -0.1) is 0 Å². The highest BCUT2D eigenvalue weighted by atomic mass is 16.3. The minimum Gasteiger partial charge on any atom is -0.393 e. The van der Waals surface area contributed by atoms with Crippen LogP contribution in [-0.2, 0) is 4.79 Å². The molecule has 0 aromatic rings. The highest BCUT2D eigenvalue weighted by Gasteiger charge is 2.25. The van der Waals surface area contributed by atoms with Crippen LogP contribution < -0.4 is 0 Å². The molecule has 0 spiro atoms. The summed E-state index contributed by atoms with van der Waals surface area (Å²) in [4.78, 5) is 16.6. The Hall–Kier alpha value is -0.610. The minimum atomic E-state index is -0.231. The average Bonchev–Trinajstić information content (AvgIpc) is 2.46. The average molecular weight is 268 g/mol. The van der Waals surface area contributed by atoms with Crippen LogP contribution in [0.2, 0.25) is 0 Å². The standard InChI is InChI=1S/C15H28N2O2/c1-13(18)14-5-11-17(12-6-14)15(19)7-10-16-8-3-2-4-9-16/h13-14,18H,2-12H2,1H3. The summed E-state index contributed by atoms with van der Waals surface area (Å²) in [6.45, 7) is 6.77. The summed E-state index contributed by atoms with van der Waals surface area (Å²) < 4.78 is 0. The zero-order valence-electron chi connectivity index (χ0n) is 12.2. The lowest BCUT2D eigenvalue weighted by Gasteiger charge is -2.34. The third kappa shape index (κ3) is 4.46. The van der Waals surface area contributed by atoms with E-state index in [0.29, 0.717) is 18.2 Å². The van der Waals surface area contributed by atoms with Gasteiger partial charge in [0.15, 0.2) is 0 Å². The first-order valence-corrected chi connectivity index (χ1v) is 7.85. The Bertz CT molecular complexity index is 280. The van der Waals surface area contributed by atoms with Crippen LogP contribution in [0.3, 0.4) is 0 Å². The smallest absolute Gasteiger partial charge is 0.223 e. The predicted molar refractivity (Wildman–Crippen MR) is 75.9 cm³/mol.